The third-order valence-electron chi connectivity index (χ3n) is 3.97. The quantitative estimate of drug-likeness (QED) is 0.643. The number of aromatic nitrogens is 2. The number of nitrogens with one attached hydrogen (secondary N) is 1. The van der Waals surface area contributed by atoms with Crippen molar-refractivity contribution in [3.63, 3.8) is 0 Å². The fourth-order valence-corrected chi connectivity index (χ4v) is 2.62. The van der Waals surface area contributed by atoms with Gasteiger partial charge in [-0.3, -0.25) is 5.10 Å². The summed E-state index contributed by atoms with van der Waals surface area (Å²) in [6, 6.07) is 9.86. The Morgan fingerprint density at radius 1 is 1.16 bits per heavy atom. The van der Waals surface area contributed by atoms with Crippen molar-refractivity contribution < 1.29 is 18.6 Å². The molecule has 3 rings (SSSR count). The van der Waals surface area contributed by atoms with E-state index < -0.39 is 0 Å². The molecular weight excluding hydrogens is 325 g/mol. The van der Waals surface area contributed by atoms with Gasteiger partial charge in [-0.15, -0.1) is 0 Å². The Hall–Kier alpha value is -2.48. The smallest absolute Gasteiger partial charge is 0.162 e. The number of benzene rings is 2. The largest absolute Gasteiger partial charge is 0.457 e. The van der Waals surface area contributed by atoms with Crippen LogP contribution in [-0.2, 0) is 22.4 Å². The molecule has 0 fully saturated rings. The molecule has 132 valence electrons. The molecule has 0 amide bonds. The Kier molecular flexibility index (Phi) is 5.28. The molecule has 3 aromatic rings. The molecule has 0 aliphatic heterocycles. The Morgan fingerprint density at radius 3 is 2.68 bits per heavy atom. The lowest BCUT2D eigenvalue weighted by atomic mass is 10.1. The van der Waals surface area contributed by atoms with Gasteiger partial charge in [0, 0.05) is 38.1 Å². The number of H-pyrrole nitrogens is 1. The van der Waals surface area contributed by atoms with E-state index in [1.165, 1.54) is 12.1 Å². The van der Waals surface area contributed by atoms with Crippen LogP contribution in [0.4, 0.5) is 4.39 Å². The van der Waals surface area contributed by atoms with Crippen molar-refractivity contribution in [1.29, 1.82) is 0 Å². The molecule has 1 aromatic heterocycles. The average molecular weight is 345 g/mol. The number of methoxy groups -OCH3 is 2. The van der Waals surface area contributed by atoms with Gasteiger partial charge in [-0.05, 0) is 36.4 Å². The lowest BCUT2D eigenvalue weighted by Crippen LogP contribution is -2.16. The molecule has 0 saturated carbocycles. The van der Waals surface area contributed by atoms with Gasteiger partial charge in [0.05, 0.1) is 11.2 Å². The molecule has 0 aliphatic carbocycles. The zero-order chi connectivity index (χ0) is 17.8. The summed E-state index contributed by atoms with van der Waals surface area (Å²) in [5, 5.41) is 8.20. The number of ether oxygens (including phenoxy) is 3. The van der Waals surface area contributed by atoms with Crippen LogP contribution in [-0.4, -0.2) is 30.7 Å². The van der Waals surface area contributed by atoms with E-state index >= 15 is 0 Å². The van der Waals surface area contributed by atoms with Crippen LogP contribution >= 0.6 is 0 Å². The summed E-state index contributed by atoms with van der Waals surface area (Å²) in [7, 11) is 3.17. The monoisotopic (exact) mass is 345 g/mol. The number of fused-ring (bicyclic) bond motifs is 1. The number of nitrogens with zero attached hydrogens (tertiary/aromatic N) is 1. The first-order valence-electron chi connectivity index (χ1n) is 7.83. The second-order valence-electron chi connectivity index (χ2n) is 5.54. The molecule has 0 radical (unpaired) electrons. The van der Waals surface area contributed by atoms with Gasteiger partial charge < -0.3 is 19.9 Å². The van der Waals surface area contributed by atoms with Gasteiger partial charge in [-0.1, -0.05) is 0 Å². The average Bonchev–Trinajstić information content (AvgIpc) is 3.03. The van der Waals surface area contributed by atoms with Crippen LogP contribution in [0.1, 0.15) is 11.3 Å². The van der Waals surface area contributed by atoms with Gasteiger partial charge >= 0.3 is 0 Å². The normalized spacial score (nSPS) is 11.4. The third kappa shape index (κ3) is 3.79. The van der Waals surface area contributed by atoms with Crippen LogP contribution in [0.5, 0.6) is 11.5 Å². The number of nitrogens with two attached hydrogens (primary N) is 1. The second-order valence-corrected chi connectivity index (χ2v) is 5.54. The minimum atomic E-state index is -0.378. The van der Waals surface area contributed by atoms with Crippen molar-refractivity contribution in [3.8, 4) is 11.5 Å². The maximum Gasteiger partial charge on any atom is 0.162 e. The van der Waals surface area contributed by atoms with Crippen molar-refractivity contribution in [1.82, 2.24) is 10.2 Å². The highest BCUT2D eigenvalue weighted by molar-refractivity contribution is 5.83. The van der Waals surface area contributed by atoms with Gasteiger partial charge in [-0.2, -0.15) is 5.10 Å². The van der Waals surface area contributed by atoms with Crippen molar-refractivity contribution in [2.24, 2.45) is 5.73 Å². The van der Waals surface area contributed by atoms with E-state index in [4.69, 9.17) is 19.9 Å². The summed E-state index contributed by atoms with van der Waals surface area (Å²) >= 11 is 0. The molecular formula is C18H20FN3O3. The molecule has 0 aliphatic rings. The van der Waals surface area contributed by atoms with Crippen molar-refractivity contribution in [2.75, 3.05) is 14.2 Å². The Bertz CT molecular complexity index is 862. The van der Waals surface area contributed by atoms with Crippen LogP contribution < -0.4 is 10.5 Å². The lowest BCUT2D eigenvalue weighted by molar-refractivity contribution is -0.101. The van der Waals surface area contributed by atoms with E-state index in [2.05, 4.69) is 10.2 Å². The van der Waals surface area contributed by atoms with E-state index in [0.29, 0.717) is 23.5 Å². The number of halogens is 1. The molecule has 0 unspecified atom stereocenters. The predicted molar refractivity (Wildman–Crippen MR) is 92.0 cm³/mol. The summed E-state index contributed by atoms with van der Waals surface area (Å²) in [6.07, 6.45) is 0.123. The number of hydrogen-bond donors (Lipinski definition) is 2. The van der Waals surface area contributed by atoms with E-state index in [0.717, 1.165) is 16.6 Å². The Labute approximate surface area is 144 Å². The predicted octanol–water partition coefficient (Wildman–Crippen LogP) is 3.11. The highest BCUT2D eigenvalue weighted by Gasteiger charge is 2.14. The van der Waals surface area contributed by atoms with Crippen molar-refractivity contribution >= 4 is 10.9 Å². The van der Waals surface area contributed by atoms with Gasteiger partial charge in [0.1, 0.15) is 17.3 Å². The number of hydrogen-bond acceptors (Lipinski definition) is 5. The maximum atomic E-state index is 13.3. The molecule has 7 heteroatoms. The lowest BCUT2D eigenvalue weighted by Gasteiger charge is -2.12. The van der Waals surface area contributed by atoms with E-state index in [1.807, 2.05) is 18.2 Å². The molecule has 0 atom stereocenters. The topological polar surface area (TPSA) is 82.4 Å². The first-order chi connectivity index (χ1) is 12.1. The molecule has 3 N–H and O–H groups in total. The molecule has 6 nitrogen and oxygen atoms in total. The molecule has 0 spiro atoms. The van der Waals surface area contributed by atoms with Crippen LogP contribution in [0.25, 0.3) is 10.9 Å². The summed E-state index contributed by atoms with van der Waals surface area (Å²) < 4.78 is 29.7. The van der Waals surface area contributed by atoms with Crippen LogP contribution in [0.2, 0.25) is 0 Å². The molecule has 25 heavy (non-hydrogen) atoms. The van der Waals surface area contributed by atoms with E-state index in [-0.39, 0.29) is 18.7 Å². The number of aromatic amines is 1. The fraction of sp³-hybridized carbons (Fsp3) is 0.278. The Morgan fingerprint density at radius 2 is 1.96 bits per heavy atom. The van der Waals surface area contributed by atoms with Gasteiger partial charge in [0.15, 0.2) is 6.29 Å². The van der Waals surface area contributed by atoms with Gasteiger partial charge in [0.25, 0.3) is 0 Å². The number of rotatable bonds is 7. The summed E-state index contributed by atoms with van der Waals surface area (Å²) in [4.78, 5) is 0. The molecule has 0 saturated heterocycles. The second kappa shape index (κ2) is 7.60. The highest BCUT2D eigenvalue weighted by Crippen LogP contribution is 2.29. The standard InChI is InChI=1S/C18H20FN3O3/c1-23-18(24-2)9-16-14-8-13(4-5-15(14)21-22-16)25-17-6-3-12(19)7-11(17)10-20/h3-8,18H,9-10,20H2,1-2H3,(H,21,22). The van der Waals surface area contributed by atoms with Gasteiger partial charge in [-0.25, -0.2) is 4.39 Å². The minimum absolute atomic E-state index is 0.190. The summed E-state index contributed by atoms with van der Waals surface area (Å²) in [5.41, 5.74) is 7.96. The van der Waals surface area contributed by atoms with Crippen LogP contribution in [0.15, 0.2) is 36.4 Å². The fourth-order valence-electron chi connectivity index (χ4n) is 2.62. The molecule has 1 heterocycles. The maximum absolute atomic E-state index is 13.3. The first-order valence-corrected chi connectivity index (χ1v) is 7.83. The highest BCUT2D eigenvalue weighted by atomic mass is 19.1. The molecule has 0 bridgehead atoms. The van der Waals surface area contributed by atoms with Crippen LogP contribution in [0.3, 0.4) is 0 Å². The van der Waals surface area contributed by atoms with Gasteiger partial charge in [0.2, 0.25) is 0 Å². The van der Waals surface area contributed by atoms with E-state index in [9.17, 15) is 4.39 Å². The van der Waals surface area contributed by atoms with Crippen LogP contribution in [0, 0.1) is 5.82 Å². The van der Waals surface area contributed by atoms with E-state index in [1.54, 1.807) is 20.3 Å². The summed E-state index contributed by atoms with van der Waals surface area (Å²) in [5.74, 6) is 0.799. The third-order valence-corrected chi connectivity index (χ3v) is 3.97. The zero-order valence-electron chi connectivity index (χ0n) is 14.1. The van der Waals surface area contributed by atoms with Crippen molar-refractivity contribution in [2.45, 2.75) is 19.3 Å². The summed E-state index contributed by atoms with van der Waals surface area (Å²) in [6.45, 7) is 0.190. The SMILES string of the molecule is COC(Cc1n[nH]c2ccc(Oc3ccc(F)cc3CN)cc12)OC. The zero-order valence-corrected chi connectivity index (χ0v) is 14.1. The van der Waals surface area contributed by atoms with Crippen molar-refractivity contribution in [3.05, 3.63) is 53.5 Å². The minimum Gasteiger partial charge on any atom is -0.457 e. The first kappa shape index (κ1) is 17.3. The Balaban J connectivity index is 1.90. The molecule has 2 aromatic carbocycles.